The summed E-state index contributed by atoms with van der Waals surface area (Å²) in [5, 5.41) is 25.2. The zero-order chi connectivity index (χ0) is 28.2. The van der Waals surface area contributed by atoms with Crippen molar-refractivity contribution in [2.45, 2.75) is 0 Å². The summed E-state index contributed by atoms with van der Waals surface area (Å²) in [7, 11) is 0. The van der Waals surface area contributed by atoms with Crippen LogP contribution in [-0.2, 0) is 0 Å². The number of hydrogen-bond donors (Lipinski definition) is 0. The lowest BCUT2D eigenvalue weighted by molar-refractivity contribution is 1.47. The van der Waals surface area contributed by atoms with Crippen LogP contribution >= 0.6 is 22.7 Å². The van der Waals surface area contributed by atoms with Crippen LogP contribution in [0.2, 0.25) is 0 Å². The van der Waals surface area contributed by atoms with Gasteiger partial charge in [-0.3, -0.25) is 0 Å². The van der Waals surface area contributed by atoms with Crippen molar-refractivity contribution in [2.75, 3.05) is 0 Å². The third-order valence-corrected chi connectivity index (χ3v) is 10.3. The highest BCUT2D eigenvalue weighted by Crippen LogP contribution is 2.45. The highest BCUT2D eigenvalue weighted by Gasteiger charge is 2.19. The molecule has 0 saturated heterocycles. The van der Waals surface area contributed by atoms with Gasteiger partial charge in [0.2, 0.25) is 0 Å². The molecule has 0 aliphatic carbocycles. The Morgan fingerprint density at radius 3 is 1.93 bits per heavy atom. The fourth-order valence-electron chi connectivity index (χ4n) is 5.99. The molecular formula is C38H20N2S2. The molecule has 0 atom stereocenters. The Labute approximate surface area is 250 Å². The topological polar surface area (TPSA) is 47.6 Å². The van der Waals surface area contributed by atoms with E-state index in [1.165, 1.54) is 40.3 Å². The lowest BCUT2D eigenvalue weighted by Gasteiger charge is -2.15. The number of nitriles is 2. The number of rotatable bonds is 3. The van der Waals surface area contributed by atoms with Crippen LogP contribution in [0.5, 0.6) is 0 Å². The third-order valence-electron chi connectivity index (χ3n) is 7.96. The van der Waals surface area contributed by atoms with E-state index in [1.807, 2.05) is 24.3 Å². The first-order chi connectivity index (χ1) is 20.7. The van der Waals surface area contributed by atoms with Crippen LogP contribution in [0.15, 0.2) is 121 Å². The molecule has 4 heteroatoms. The van der Waals surface area contributed by atoms with Crippen molar-refractivity contribution in [3.63, 3.8) is 0 Å². The van der Waals surface area contributed by atoms with Crippen molar-refractivity contribution in [1.29, 1.82) is 10.5 Å². The minimum absolute atomic E-state index is 0.610. The second-order valence-corrected chi connectivity index (χ2v) is 12.5. The van der Waals surface area contributed by atoms with E-state index < -0.39 is 0 Å². The second kappa shape index (κ2) is 9.68. The molecule has 0 fully saturated rings. The molecule has 2 nitrogen and oxygen atoms in total. The maximum absolute atomic E-state index is 10.7. The summed E-state index contributed by atoms with van der Waals surface area (Å²) >= 11 is 3.54. The van der Waals surface area contributed by atoms with Crippen LogP contribution in [0.3, 0.4) is 0 Å². The summed E-state index contributed by atoms with van der Waals surface area (Å²) in [6, 6.07) is 46.7. The predicted molar refractivity (Wildman–Crippen MR) is 178 cm³/mol. The molecule has 0 unspecified atom stereocenters. The molecule has 0 bridgehead atoms. The molecule has 0 spiro atoms. The SMILES string of the molecule is N#Cc1cccc(-c2cc(-c3ccc4c(c3)sc3ccccc34)c(C#N)c(-c3cccc4c3sc3ccccc34)c2)c1. The molecule has 194 valence electrons. The van der Waals surface area contributed by atoms with Gasteiger partial charge in [0.25, 0.3) is 0 Å². The largest absolute Gasteiger partial charge is 0.192 e. The van der Waals surface area contributed by atoms with Crippen LogP contribution in [0.1, 0.15) is 11.1 Å². The van der Waals surface area contributed by atoms with Crippen molar-refractivity contribution in [3.05, 3.63) is 132 Å². The summed E-state index contributed by atoms with van der Waals surface area (Å²) in [5.41, 5.74) is 7.05. The van der Waals surface area contributed by atoms with Crippen LogP contribution in [-0.4, -0.2) is 0 Å². The van der Waals surface area contributed by atoms with Crippen molar-refractivity contribution in [1.82, 2.24) is 0 Å². The minimum Gasteiger partial charge on any atom is -0.192 e. The van der Waals surface area contributed by atoms with Crippen LogP contribution < -0.4 is 0 Å². The van der Waals surface area contributed by atoms with Crippen LogP contribution in [0.25, 0.3) is 73.7 Å². The molecule has 42 heavy (non-hydrogen) atoms. The summed E-state index contributed by atoms with van der Waals surface area (Å²) in [6.45, 7) is 0. The Morgan fingerprint density at radius 2 is 1.12 bits per heavy atom. The summed E-state index contributed by atoms with van der Waals surface area (Å²) in [4.78, 5) is 0. The smallest absolute Gasteiger partial charge is 0.100 e. The van der Waals surface area contributed by atoms with Crippen molar-refractivity contribution >= 4 is 63.0 Å². The van der Waals surface area contributed by atoms with Gasteiger partial charge in [0.1, 0.15) is 6.07 Å². The van der Waals surface area contributed by atoms with Gasteiger partial charge < -0.3 is 0 Å². The molecule has 2 heterocycles. The van der Waals surface area contributed by atoms with E-state index >= 15 is 0 Å². The van der Waals surface area contributed by atoms with Crippen LogP contribution in [0, 0.1) is 22.7 Å². The first-order valence-electron chi connectivity index (χ1n) is 13.6. The normalized spacial score (nSPS) is 11.3. The lowest BCUT2D eigenvalue weighted by Crippen LogP contribution is -1.93. The molecular weight excluding hydrogens is 549 g/mol. The van der Waals surface area contributed by atoms with Gasteiger partial charge in [0.05, 0.1) is 17.2 Å². The molecule has 0 amide bonds. The van der Waals surface area contributed by atoms with E-state index in [0.717, 1.165) is 33.4 Å². The van der Waals surface area contributed by atoms with Gasteiger partial charge in [0, 0.05) is 57.0 Å². The van der Waals surface area contributed by atoms with E-state index in [0.29, 0.717) is 11.1 Å². The molecule has 0 N–H and O–H groups in total. The van der Waals surface area contributed by atoms with Crippen LogP contribution in [0.4, 0.5) is 0 Å². The molecule has 0 saturated carbocycles. The highest BCUT2D eigenvalue weighted by atomic mass is 32.1. The molecule has 2 aromatic heterocycles. The molecule has 0 aliphatic rings. The van der Waals surface area contributed by atoms with Crippen molar-refractivity contribution in [2.24, 2.45) is 0 Å². The number of benzene rings is 6. The minimum atomic E-state index is 0.610. The fraction of sp³-hybridized carbons (Fsp3) is 0. The molecule has 8 aromatic rings. The number of fused-ring (bicyclic) bond motifs is 6. The third kappa shape index (κ3) is 3.82. The number of thiophene rings is 2. The van der Waals surface area contributed by atoms with E-state index in [9.17, 15) is 10.5 Å². The predicted octanol–water partition coefficient (Wildman–Crippen LogP) is 11.2. The summed E-state index contributed by atoms with van der Waals surface area (Å²) in [5.74, 6) is 0. The molecule has 0 radical (unpaired) electrons. The van der Waals surface area contributed by atoms with E-state index in [2.05, 4.69) is 109 Å². The molecule has 0 aliphatic heterocycles. The Hall–Kier alpha value is -5.26. The zero-order valence-corrected chi connectivity index (χ0v) is 23.9. The number of hydrogen-bond acceptors (Lipinski definition) is 4. The van der Waals surface area contributed by atoms with E-state index in [-0.39, 0.29) is 0 Å². The summed E-state index contributed by atoms with van der Waals surface area (Å²) < 4.78 is 4.85. The summed E-state index contributed by atoms with van der Waals surface area (Å²) in [6.07, 6.45) is 0. The lowest BCUT2D eigenvalue weighted by atomic mass is 9.87. The Kier molecular flexibility index (Phi) is 5.66. The first-order valence-corrected chi connectivity index (χ1v) is 15.3. The van der Waals surface area contributed by atoms with Gasteiger partial charge in [-0.05, 0) is 59.2 Å². The quantitative estimate of drug-likeness (QED) is 0.213. The van der Waals surface area contributed by atoms with E-state index in [1.54, 1.807) is 22.7 Å². The molecule has 8 rings (SSSR count). The van der Waals surface area contributed by atoms with Gasteiger partial charge in [-0.15, -0.1) is 22.7 Å². The maximum atomic E-state index is 10.7. The monoisotopic (exact) mass is 568 g/mol. The average Bonchev–Trinajstić information content (AvgIpc) is 3.62. The number of nitrogens with zero attached hydrogens (tertiary/aromatic N) is 2. The van der Waals surface area contributed by atoms with Gasteiger partial charge in [-0.2, -0.15) is 10.5 Å². The molecule has 6 aromatic carbocycles. The van der Waals surface area contributed by atoms with Crippen molar-refractivity contribution < 1.29 is 0 Å². The van der Waals surface area contributed by atoms with E-state index in [4.69, 9.17) is 0 Å². The average molecular weight is 569 g/mol. The van der Waals surface area contributed by atoms with Crippen molar-refractivity contribution in [3.8, 4) is 45.5 Å². The van der Waals surface area contributed by atoms with Gasteiger partial charge in [-0.1, -0.05) is 78.9 Å². The zero-order valence-electron chi connectivity index (χ0n) is 22.3. The second-order valence-electron chi connectivity index (χ2n) is 10.3. The van der Waals surface area contributed by atoms with Gasteiger partial charge in [0.15, 0.2) is 0 Å². The standard InChI is InChI=1S/C38H20N2S2/c39-21-23-7-5-8-24(17-23)26-18-32(25-15-16-29-27-9-1-3-13-35(27)41-37(29)20-25)34(22-40)33(19-26)31-12-6-11-30-28-10-2-4-14-36(28)42-38(30)31/h1-20H. The Morgan fingerprint density at radius 1 is 0.429 bits per heavy atom. The fourth-order valence-corrected chi connectivity index (χ4v) is 8.37. The Balaban J connectivity index is 1.44. The van der Waals surface area contributed by atoms with Gasteiger partial charge >= 0.3 is 0 Å². The Bertz CT molecular complexity index is 2450. The first kappa shape index (κ1) is 24.5. The van der Waals surface area contributed by atoms with Gasteiger partial charge in [-0.25, -0.2) is 0 Å². The maximum Gasteiger partial charge on any atom is 0.100 e. The highest BCUT2D eigenvalue weighted by molar-refractivity contribution is 7.26.